The summed E-state index contributed by atoms with van der Waals surface area (Å²) in [5.74, 6) is 0. The summed E-state index contributed by atoms with van der Waals surface area (Å²) < 4.78 is 0. The number of benzene rings is 7. The van der Waals surface area contributed by atoms with Crippen LogP contribution < -0.4 is 9.80 Å². The maximum Gasteiger partial charge on any atom is 0.0546 e. The Morgan fingerprint density at radius 3 is 1.40 bits per heavy atom. The first-order chi connectivity index (χ1) is 22.3. The zero-order valence-corrected chi connectivity index (χ0v) is 25.3. The molecule has 0 saturated carbocycles. The molecule has 0 aromatic heterocycles. The maximum atomic E-state index is 4.04. The smallest absolute Gasteiger partial charge is 0.0546 e. The highest BCUT2D eigenvalue weighted by atomic mass is 15.2. The summed E-state index contributed by atoms with van der Waals surface area (Å²) in [6, 6.07) is 54.2. The van der Waals surface area contributed by atoms with Gasteiger partial charge in [-0.15, -0.1) is 0 Å². The molecule has 0 aliphatic heterocycles. The Hall–Kier alpha value is -5.86. The van der Waals surface area contributed by atoms with Crippen molar-refractivity contribution < 1.29 is 0 Å². The first-order valence-electron chi connectivity index (χ1n) is 15.4. The van der Waals surface area contributed by atoms with E-state index in [-0.39, 0.29) is 0 Å². The first kappa shape index (κ1) is 27.9. The minimum absolute atomic E-state index is 1.04. The summed E-state index contributed by atoms with van der Waals surface area (Å²) in [6.07, 6.45) is 8.16. The molecule has 7 aromatic carbocycles. The fraction of sp³-hybridized carbons (Fsp3) is 0.0233. The molecule has 0 fully saturated rings. The molecule has 45 heavy (non-hydrogen) atoms. The van der Waals surface area contributed by atoms with Gasteiger partial charge in [0.25, 0.3) is 0 Å². The van der Waals surface area contributed by atoms with Crippen molar-refractivity contribution in [3.63, 3.8) is 0 Å². The quantitative estimate of drug-likeness (QED) is 0.131. The first-order valence-corrected chi connectivity index (χ1v) is 15.4. The van der Waals surface area contributed by atoms with Crippen LogP contribution in [-0.2, 0) is 0 Å². The van der Waals surface area contributed by atoms with Crippen LogP contribution in [-0.4, -0.2) is 0 Å². The van der Waals surface area contributed by atoms with Gasteiger partial charge >= 0.3 is 0 Å². The number of anilines is 5. The predicted octanol–water partition coefficient (Wildman–Crippen LogP) is 12.4. The molecule has 0 N–H and O–H groups in total. The summed E-state index contributed by atoms with van der Waals surface area (Å²) in [5.41, 5.74) is 6.65. The van der Waals surface area contributed by atoms with E-state index in [9.17, 15) is 0 Å². The molecule has 0 amide bonds. The van der Waals surface area contributed by atoms with Crippen LogP contribution in [0.25, 0.3) is 32.3 Å². The molecule has 7 aromatic rings. The van der Waals surface area contributed by atoms with Gasteiger partial charge in [0, 0.05) is 33.5 Å². The average Bonchev–Trinajstić information content (AvgIpc) is 3.10. The maximum absolute atomic E-state index is 4.04. The van der Waals surface area contributed by atoms with Gasteiger partial charge in [0.05, 0.1) is 11.4 Å². The lowest BCUT2D eigenvalue weighted by atomic mass is 9.93. The van der Waals surface area contributed by atoms with Gasteiger partial charge in [0.2, 0.25) is 0 Å². The fourth-order valence-electron chi connectivity index (χ4n) is 6.36. The molecule has 0 bridgehead atoms. The lowest BCUT2D eigenvalue weighted by Crippen LogP contribution is -2.15. The second-order valence-electron chi connectivity index (χ2n) is 11.0. The van der Waals surface area contributed by atoms with Crippen LogP contribution >= 0.6 is 0 Å². The molecule has 0 saturated heterocycles. The third kappa shape index (κ3) is 5.17. The molecule has 0 unspecified atom stereocenters. The van der Waals surface area contributed by atoms with Gasteiger partial charge in [-0.05, 0) is 89.2 Å². The summed E-state index contributed by atoms with van der Waals surface area (Å²) in [7, 11) is 0. The highest BCUT2D eigenvalue weighted by molar-refractivity contribution is 6.24. The number of nitrogens with zero attached hydrogens (tertiary/aromatic N) is 2. The molecule has 0 heterocycles. The lowest BCUT2D eigenvalue weighted by Gasteiger charge is -2.30. The number of para-hydroxylation sites is 3. The number of hydrogen-bond acceptors (Lipinski definition) is 2. The summed E-state index contributed by atoms with van der Waals surface area (Å²) >= 11 is 0. The summed E-state index contributed by atoms with van der Waals surface area (Å²) in [5, 5.41) is 7.22. The second kappa shape index (κ2) is 12.4. The molecule has 2 nitrogen and oxygen atoms in total. The van der Waals surface area contributed by atoms with Crippen molar-refractivity contribution in [2.45, 2.75) is 6.92 Å². The number of fused-ring (bicyclic) bond motifs is 5. The van der Waals surface area contributed by atoms with Crippen molar-refractivity contribution in [3.8, 4) is 0 Å². The van der Waals surface area contributed by atoms with Crippen molar-refractivity contribution >= 4 is 60.8 Å². The largest absolute Gasteiger partial charge is 0.310 e. The van der Waals surface area contributed by atoms with Crippen LogP contribution in [0.1, 0.15) is 6.92 Å². The molecule has 0 aliphatic carbocycles. The van der Waals surface area contributed by atoms with Crippen molar-refractivity contribution in [2.75, 3.05) is 9.80 Å². The molecule has 7 rings (SSSR count). The zero-order chi connectivity index (χ0) is 30.6. The standard InChI is InChI=1S/C43H34N2/c1-3-18-32(19-4-2)44(33-20-8-5-9-21-33)42-30-40-37-27-15-17-29-39(37)43(31-41(40)36-26-14-16-28-38(36)42)45(34-22-10-6-11-23-34)35-24-12-7-13-25-35/h3-31H,1H2,2H3. The van der Waals surface area contributed by atoms with E-state index in [4.69, 9.17) is 0 Å². The molecule has 216 valence electrons. The van der Waals surface area contributed by atoms with Crippen LogP contribution in [0, 0.1) is 0 Å². The van der Waals surface area contributed by atoms with E-state index in [0.717, 1.165) is 34.1 Å². The Kier molecular flexibility index (Phi) is 7.70. The van der Waals surface area contributed by atoms with Gasteiger partial charge in [-0.2, -0.15) is 0 Å². The van der Waals surface area contributed by atoms with E-state index < -0.39 is 0 Å². The molecule has 0 atom stereocenters. The van der Waals surface area contributed by atoms with E-state index >= 15 is 0 Å². The van der Waals surface area contributed by atoms with Gasteiger partial charge in [0.1, 0.15) is 0 Å². The highest BCUT2D eigenvalue weighted by Gasteiger charge is 2.21. The Labute approximate surface area is 265 Å². The predicted molar refractivity (Wildman–Crippen MR) is 195 cm³/mol. The SMILES string of the molecule is C=CC=C(C=CC)N(c1ccccc1)c1cc2c3ccccc3c(N(c3ccccc3)c3ccccc3)cc2c2ccccc12. The van der Waals surface area contributed by atoms with E-state index in [1.165, 1.54) is 32.3 Å². The second-order valence-corrected chi connectivity index (χ2v) is 11.0. The van der Waals surface area contributed by atoms with Crippen LogP contribution in [0.15, 0.2) is 188 Å². The normalized spacial score (nSPS) is 11.8. The molecular formula is C43H34N2. The van der Waals surface area contributed by atoms with Gasteiger partial charge < -0.3 is 9.80 Å². The molecular weight excluding hydrogens is 544 g/mol. The minimum atomic E-state index is 1.04. The van der Waals surface area contributed by atoms with Crippen molar-refractivity contribution in [2.24, 2.45) is 0 Å². The molecule has 2 heteroatoms. The van der Waals surface area contributed by atoms with Crippen LogP contribution in [0.5, 0.6) is 0 Å². The minimum Gasteiger partial charge on any atom is -0.310 e. The van der Waals surface area contributed by atoms with Gasteiger partial charge in [-0.3, -0.25) is 0 Å². The monoisotopic (exact) mass is 578 g/mol. The third-order valence-electron chi connectivity index (χ3n) is 8.25. The Morgan fingerprint density at radius 2 is 0.911 bits per heavy atom. The summed E-state index contributed by atoms with van der Waals surface area (Å²) in [6.45, 7) is 6.09. The van der Waals surface area contributed by atoms with Gasteiger partial charge in [0.15, 0.2) is 0 Å². The average molecular weight is 579 g/mol. The Bertz CT molecular complexity index is 2140. The van der Waals surface area contributed by atoms with E-state index in [2.05, 4.69) is 193 Å². The van der Waals surface area contributed by atoms with Crippen LogP contribution in [0.2, 0.25) is 0 Å². The Morgan fingerprint density at radius 1 is 0.489 bits per heavy atom. The van der Waals surface area contributed by atoms with Crippen molar-refractivity contribution in [1.82, 2.24) is 0 Å². The number of hydrogen-bond donors (Lipinski definition) is 0. The van der Waals surface area contributed by atoms with Crippen LogP contribution in [0.3, 0.4) is 0 Å². The van der Waals surface area contributed by atoms with Gasteiger partial charge in [-0.25, -0.2) is 0 Å². The zero-order valence-electron chi connectivity index (χ0n) is 25.3. The Balaban J connectivity index is 1.60. The summed E-state index contributed by atoms with van der Waals surface area (Å²) in [4.78, 5) is 4.71. The molecule has 0 aliphatic rings. The molecule has 0 radical (unpaired) electrons. The van der Waals surface area contributed by atoms with E-state index in [0.29, 0.717) is 0 Å². The fourth-order valence-corrected chi connectivity index (χ4v) is 6.36. The van der Waals surface area contributed by atoms with Crippen molar-refractivity contribution in [3.05, 3.63) is 188 Å². The van der Waals surface area contributed by atoms with E-state index in [1.54, 1.807) is 0 Å². The number of rotatable bonds is 8. The third-order valence-corrected chi connectivity index (χ3v) is 8.25. The number of allylic oxidation sites excluding steroid dienone is 4. The topological polar surface area (TPSA) is 6.48 Å². The van der Waals surface area contributed by atoms with Crippen molar-refractivity contribution in [1.29, 1.82) is 0 Å². The highest BCUT2D eigenvalue weighted by Crippen LogP contribution is 2.46. The van der Waals surface area contributed by atoms with Crippen LogP contribution in [0.4, 0.5) is 28.4 Å². The molecule has 0 spiro atoms. The van der Waals surface area contributed by atoms with Gasteiger partial charge in [-0.1, -0.05) is 122 Å². The van der Waals surface area contributed by atoms with E-state index in [1.807, 2.05) is 6.08 Å². The lowest BCUT2D eigenvalue weighted by molar-refractivity contribution is 1.22.